The quantitative estimate of drug-likeness (QED) is 0.471. The van der Waals surface area contributed by atoms with Crippen molar-refractivity contribution in [2.24, 2.45) is 0 Å². The molecular weight excluding hydrogens is 408 g/mol. The van der Waals surface area contributed by atoms with Gasteiger partial charge in [-0.15, -0.1) is 12.4 Å². The summed E-state index contributed by atoms with van der Waals surface area (Å²) in [5.74, 6) is -0.729. The highest BCUT2D eigenvalue weighted by Gasteiger charge is 2.17. The number of benzene rings is 2. The van der Waals surface area contributed by atoms with Crippen molar-refractivity contribution in [3.8, 4) is 17.6 Å². The van der Waals surface area contributed by atoms with E-state index in [0.29, 0.717) is 22.3 Å². The van der Waals surface area contributed by atoms with Gasteiger partial charge in [0.25, 0.3) is 0 Å². The summed E-state index contributed by atoms with van der Waals surface area (Å²) in [6, 6.07) is 9.57. The zero-order valence-corrected chi connectivity index (χ0v) is 16.3. The number of hydrogen-bond donors (Lipinski definition) is 1. The Kier molecular flexibility index (Phi) is 6.62. The molecule has 0 bridgehead atoms. The third-order valence-corrected chi connectivity index (χ3v) is 4.03. The van der Waals surface area contributed by atoms with Crippen LogP contribution >= 0.6 is 24.0 Å². The maximum Gasteiger partial charge on any atom is 0.308 e. The van der Waals surface area contributed by atoms with Crippen LogP contribution in [-0.4, -0.2) is 18.1 Å². The molecule has 1 N–H and O–H groups in total. The second-order valence-corrected chi connectivity index (χ2v) is 5.91. The van der Waals surface area contributed by atoms with E-state index in [9.17, 15) is 14.4 Å². The van der Waals surface area contributed by atoms with Crippen LogP contribution < -0.4 is 14.8 Å². The lowest BCUT2D eigenvalue weighted by molar-refractivity contribution is -0.132. The van der Waals surface area contributed by atoms with Crippen LogP contribution in [0.15, 0.2) is 36.5 Å². The topological polar surface area (TPSA) is 84.2 Å². The van der Waals surface area contributed by atoms with Crippen LogP contribution in [0.4, 0.5) is 15.8 Å². The maximum absolute atomic E-state index is 14.3. The lowest BCUT2D eigenvalue weighted by Gasteiger charge is -2.15. The molecule has 0 aliphatic carbocycles. The van der Waals surface area contributed by atoms with E-state index in [1.807, 2.05) is 6.07 Å². The molecule has 9 heteroatoms. The molecule has 28 heavy (non-hydrogen) atoms. The van der Waals surface area contributed by atoms with E-state index in [1.54, 1.807) is 12.1 Å². The summed E-state index contributed by atoms with van der Waals surface area (Å²) in [7, 11) is 1.43. The van der Waals surface area contributed by atoms with Crippen molar-refractivity contribution in [2.75, 3.05) is 12.4 Å². The molecule has 0 aliphatic rings. The largest absolute Gasteiger partial charge is 0.493 e. The molecule has 0 aliphatic heterocycles. The first-order valence-corrected chi connectivity index (χ1v) is 8.12. The molecule has 2 aromatic carbocycles. The summed E-state index contributed by atoms with van der Waals surface area (Å²) in [6.07, 6.45) is 1.36. The van der Waals surface area contributed by atoms with Gasteiger partial charge < -0.3 is 14.8 Å². The van der Waals surface area contributed by atoms with Gasteiger partial charge in [0.1, 0.15) is 6.07 Å². The monoisotopic (exact) mass is 421 g/mol. The van der Waals surface area contributed by atoms with Gasteiger partial charge in [-0.2, -0.15) is 5.26 Å². The van der Waals surface area contributed by atoms with E-state index >= 15 is 0 Å². The summed E-state index contributed by atoms with van der Waals surface area (Å²) in [5.41, 5.74) is 1.04. The van der Waals surface area contributed by atoms with E-state index in [2.05, 4.69) is 10.3 Å². The van der Waals surface area contributed by atoms with Gasteiger partial charge in [-0.1, -0.05) is 17.7 Å². The van der Waals surface area contributed by atoms with Crippen molar-refractivity contribution in [1.29, 1.82) is 5.26 Å². The number of nitrogens with one attached hydrogen (secondary N) is 1. The number of carbonyl (C=O) groups is 1. The Morgan fingerprint density at radius 2 is 2.07 bits per heavy atom. The highest BCUT2D eigenvalue weighted by Crippen LogP contribution is 2.38. The molecule has 144 valence electrons. The summed E-state index contributed by atoms with van der Waals surface area (Å²) >= 11 is 5.83. The normalized spacial score (nSPS) is 9.96. The van der Waals surface area contributed by atoms with E-state index in [0.717, 1.165) is 0 Å². The van der Waals surface area contributed by atoms with E-state index < -0.39 is 11.8 Å². The van der Waals surface area contributed by atoms with Crippen molar-refractivity contribution >= 4 is 52.3 Å². The Morgan fingerprint density at radius 1 is 1.32 bits per heavy atom. The van der Waals surface area contributed by atoms with Crippen LogP contribution in [0, 0.1) is 17.1 Å². The zero-order valence-electron chi connectivity index (χ0n) is 14.7. The van der Waals surface area contributed by atoms with Gasteiger partial charge in [-0.05, 0) is 18.2 Å². The van der Waals surface area contributed by atoms with Gasteiger partial charge in [0, 0.05) is 24.6 Å². The summed E-state index contributed by atoms with van der Waals surface area (Å²) in [6.45, 7) is 1.26. The molecule has 6 nitrogen and oxygen atoms in total. The third-order valence-electron chi connectivity index (χ3n) is 3.74. The number of aromatic nitrogens is 1. The molecule has 0 saturated heterocycles. The Balaban J connectivity index is 0.00000280. The average molecular weight is 422 g/mol. The van der Waals surface area contributed by atoms with Gasteiger partial charge >= 0.3 is 5.97 Å². The van der Waals surface area contributed by atoms with Crippen molar-refractivity contribution in [1.82, 2.24) is 4.98 Å². The number of nitriles is 1. The van der Waals surface area contributed by atoms with E-state index in [-0.39, 0.29) is 34.4 Å². The van der Waals surface area contributed by atoms with Crippen LogP contribution in [0.25, 0.3) is 10.9 Å². The van der Waals surface area contributed by atoms with Gasteiger partial charge in [-0.3, -0.25) is 9.78 Å². The number of esters is 1. The number of carbonyl (C=O) groups excluding carboxylic acids is 1. The highest BCUT2D eigenvalue weighted by molar-refractivity contribution is 6.31. The van der Waals surface area contributed by atoms with Crippen LogP contribution in [0.5, 0.6) is 11.5 Å². The number of hydrogen-bond acceptors (Lipinski definition) is 6. The fraction of sp³-hybridized carbons (Fsp3) is 0.105. The molecule has 0 radical (unpaired) electrons. The summed E-state index contributed by atoms with van der Waals surface area (Å²) < 4.78 is 24.7. The second kappa shape index (κ2) is 8.74. The Hall–Kier alpha value is -3.08. The van der Waals surface area contributed by atoms with Crippen molar-refractivity contribution in [3.05, 3.63) is 52.9 Å². The molecule has 0 spiro atoms. The van der Waals surface area contributed by atoms with Crippen LogP contribution in [0.1, 0.15) is 12.5 Å². The van der Waals surface area contributed by atoms with Crippen LogP contribution in [0.3, 0.4) is 0 Å². The molecule has 3 rings (SSSR count). The van der Waals surface area contributed by atoms with Crippen LogP contribution in [0.2, 0.25) is 5.02 Å². The molecule has 0 atom stereocenters. The standard InChI is InChI=1S/C19H13ClFN3O3.ClH/c1-10(25)27-17-6-12-15(7-16(17)26-2)23-9-11(8-22)19(12)24-14-5-3-4-13(20)18(14)21;/h3-7,9H,1-2H3,(H,23,24);1H. The Morgan fingerprint density at radius 3 is 2.71 bits per heavy atom. The molecule has 0 fully saturated rings. The van der Waals surface area contributed by atoms with Gasteiger partial charge in [-0.25, -0.2) is 4.39 Å². The molecule has 0 unspecified atom stereocenters. The van der Waals surface area contributed by atoms with Gasteiger partial charge in [0.05, 0.1) is 34.6 Å². The number of methoxy groups -OCH3 is 1. The predicted molar refractivity (Wildman–Crippen MR) is 106 cm³/mol. The summed E-state index contributed by atoms with van der Waals surface area (Å²) in [5, 5.41) is 12.7. The number of fused-ring (bicyclic) bond motifs is 1. The average Bonchev–Trinajstić information content (AvgIpc) is 2.64. The molecule has 0 amide bonds. The fourth-order valence-electron chi connectivity index (χ4n) is 2.55. The number of rotatable bonds is 4. The van der Waals surface area contributed by atoms with Crippen molar-refractivity contribution < 1.29 is 18.7 Å². The first-order chi connectivity index (χ1) is 12.9. The number of ether oxygens (including phenoxy) is 2. The minimum Gasteiger partial charge on any atom is -0.493 e. The van der Waals surface area contributed by atoms with E-state index in [4.69, 9.17) is 21.1 Å². The molecule has 3 aromatic rings. The Labute approximate surface area is 171 Å². The number of anilines is 2. The predicted octanol–water partition coefficient (Wildman–Crippen LogP) is 5.00. The minimum atomic E-state index is -0.651. The van der Waals surface area contributed by atoms with Crippen molar-refractivity contribution in [2.45, 2.75) is 6.92 Å². The van der Waals surface area contributed by atoms with Crippen molar-refractivity contribution in [3.63, 3.8) is 0 Å². The molecule has 1 heterocycles. The van der Waals surface area contributed by atoms with Gasteiger partial charge in [0.2, 0.25) is 0 Å². The first kappa shape index (κ1) is 21.2. The highest BCUT2D eigenvalue weighted by atomic mass is 35.5. The number of halogens is 3. The smallest absolute Gasteiger partial charge is 0.308 e. The Bertz CT molecular complexity index is 1100. The first-order valence-electron chi connectivity index (χ1n) is 7.75. The molecule has 0 saturated carbocycles. The van der Waals surface area contributed by atoms with E-state index in [1.165, 1.54) is 38.4 Å². The SMILES string of the molecule is COc1cc2ncc(C#N)c(Nc3cccc(Cl)c3F)c2cc1OC(C)=O.Cl. The number of pyridine rings is 1. The summed E-state index contributed by atoms with van der Waals surface area (Å²) in [4.78, 5) is 15.6. The molecule has 1 aromatic heterocycles. The van der Waals surface area contributed by atoms with Gasteiger partial charge in [0.15, 0.2) is 17.3 Å². The lowest BCUT2D eigenvalue weighted by atomic mass is 10.1. The maximum atomic E-state index is 14.3. The fourth-order valence-corrected chi connectivity index (χ4v) is 2.72. The minimum absolute atomic E-state index is 0. The number of nitrogens with zero attached hydrogens (tertiary/aromatic N) is 2. The second-order valence-electron chi connectivity index (χ2n) is 5.50. The van der Waals surface area contributed by atoms with Crippen LogP contribution in [-0.2, 0) is 4.79 Å². The lowest BCUT2D eigenvalue weighted by Crippen LogP contribution is -2.04. The third kappa shape index (κ3) is 4.09. The molecular formula is C19H14Cl2FN3O3. The zero-order chi connectivity index (χ0) is 19.6.